The molecule has 2 aromatic heterocycles. The Kier molecular flexibility index (Phi) is 1.65. The minimum atomic E-state index is 0.294. The molecule has 2 aromatic rings. The van der Waals surface area contributed by atoms with Gasteiger partial charge in [0.2, 0.25) is 5.88 Å². The number of hydrogen-bond acceptors (Lipinski definition) is 4. The number of halogens is 1. The summed E-state index contributed by atoms with van der Waals surface area (Å²) in [5, 5.41) is 3.72. The summed E-state index contributed by atoms with van der Waals surface area (Å²) in [6.07, 6.45) is 1.57. The fourth-order valence-corrected chi connectivity index (χ4v) is 1.21. The van der Waals surface area contributed by atoms with E-state index in [9.17, 15) is 0 Å². The first kappa shape index (κ1) is 7.42. The average molecular weight is 229 g/mol. The van der Waals surface area contributed by atoms with Gasteiger partial charge < -0.3 is 14.7 Å². The fourth-order valence-electron chi connectivity index (χ4n) is 0.870. The van der Waals surface area contributed by atoms with E-state index >= 15 is 0 Å². The third-order valence-corrected chi connectivity index (χ3v) is 1.81. The molecule has 0 saturated carbocycles. The SMILES string of the molecule is Nc1cc(-c2coc(Br)c2)no1. The van der Waals surface area contributed by atoms with Crippen molar-refractivity contribution in [3.8, 4) is 11.3 Å². The van der Waals surface area contributed by atoms with Gasteiger partial charge in [0, 0.05) is 17.7 Å². The van der Waals surface area contributed by atoms with Crippen molar-refractivity contribution in [2.24, 2.45) is 0 Å². The van der Waals surface area contributed by atoms with Crippen LogP contribution in [0.25, 0.3) is 11.3 Å². The van der Waals surface area contributed by atoms with Crippen molar-refractivity contribution in [2.75, 3.05) is 5.73 Å². The molecule has 2 N–H and O–H groups in total. The first-order chi connectivity index (χ1) is 5.75. The zero-order chi connectivity index (χ0) is 8.55. The van der Waals surface area contributed by atoms with E-state index in [-0.39, 0.29) is 0 Å². The largest absolute Gasteiger partial charge is 0.457 e. The molecule has 0 atom stereocenters. The molecular formula is C7H5BrN2O2. The zero-order valence-corrected chi connectivity index (χ0v) is 7.54. The molecule has 12 heavy (non-hydrogen) atoms. The van der Waals surface area contributed by atoms with Gasteiger partial charge in [-0.1, -0.05) is 5.16 Å². The van der Waals surface area contributed by atoms with Crippen molar-refractivity contribution in [3.63, 3.8) is 0 Å². The van der Waals surface area contributed by atoms with E-state index in [1.165, 1.54) is 0 Å². The van der Waals surface area contributed by atoms with Crippen LogP contribution in [-0.4, -0.2) is 5.16 Å². The van der Waals surface area contributed by atoms with Gasteiger partial charge >= 0.3 is 0 Å². The first-order valence-electron chi connectivity index (χ1n) is 3.22. The van der Waals surface area contributed by atoms with Crippen molar-refractivity contribution in [2.45, 2.75) is 0 Å². The Morgan fingerprint density at radius 2 is 2.25 bits per heavy atom. The molecule has 2 heterocycles. The first-order valence-corrected chi connectivity index (χ1v) is 4.01. The molecule has 0 aliphatic rings. The lowest BCUT2D eigenvalue weighted by molar-refractivity contribution is 0.439. The number of hydrogen-bond donors (Lipinski definition) is 1. The Morgan fingerprint density at radius 3 is 2.75 bits per heavy atom. The van der Waals surface area contributed by atoms with Crippen LogP contribution in [0.1, 0.15) is 0 Å². The monoisotopic (exact) mass is 228 g/mol. The van der Waals surface area contributed by atoms with Crippen LogP contribution in [0.15, 0.2) is 32.0 Å². The summed E-state index contributed by atoms with van der Waals surface area (Å²) in [5.74, 6) is 0.294. The number of anilines is 1. The normalized spacial score (nSPS) is 10.4. The van der Waals surface area contributed by atoms with Crippen LogP contribution in [0.2, 0.25) is 0 Å². The van der Waals surface area contributed by atoms with Gasteiger partial charge in [-0.2, -0.15) is 0 Å². The van der Waals surface area contributed by atoms with Crippen molar-refractivity contribution in [1.82, 2.24) is 5.16 Å². The number of furan rings is 1. The van der Waals surface area contributed by atoms with E-state index in [2.05, 4.69) is 21.1 Å². The van der Waals surface area contributed by atoms with Gasteiger partial charge in [0.15, 0.2) is 4.67 Å². The van der Waals surface area contributed by atoms with Crippen LogP contribution < -0.4 is 5.73 Å². The molecule has 0 spiro atoms. The van der Waals surface area contributed by atoms with Crippen LogP contribution in [0.5, 0.6) is 0 Å². The van der Waals surface area contributed by atoms with Crippen molar-refractivity contribution in [1.29, 1.82) is 0 Å². The minimum Gasteiger partial charge on any atom is -0.457 e. The van der Waals surface area contributed by atoms with Gasteiger partial charge in [-0.15, -0.1) is 0 Å². The van der Waals surface area contributed by atoms with Crippen LogP contribution in [0.3, 0.4) is 0 Å². The minimum absolute atomic E-state index is 0.294. The highest BCUT2D eigenvalue weighted by atomic mass is 79.9. The quantitative estimate of drug-likeness (QED) is 0.814. The molecule has 0 radical (unpaired) electrons. The number of nitrogens with two attached hydrogens (primary N) is 1. The van der Waals surface area contributed by atoms with Crippen LogP contribution in [0.4, 0.5) is 5.88 Å². The van der Waals surface area contributed by atoms with Crippen molar-refractivity contribution >= 4 is 21.8 Å². The second-order valence-corrected chi connectivity index (χ2v) is 3.04. The molecule has 2 rings (SSSR count). The molecular weight excluding hydrogens is 224 g/mol. The van der Waals surface area contributed by atoms with E-state index in [4.69, 9.17) is 14.7 Å². The van der Waals surface area contributed by atoms with Crippen LogP contribution in [0, 0.1) is 0 Å². The maximum absolute atomic E-state index is 5.35. The van der Waals surface area contributed by atoms with E-state index in [0.29, 0.717) is 16.2 Å². The Labute approximate surface area is 76.5 Å². The Balaban J connectivity index is 2.43. The summed E-state index contributed by atoms with van der Waals surface area (Å²) in [4.78, 5) is 0. The Bertz CT molecular complexity index is 355. The van der Waals surface area contributed by atoms with Gasteiger partial charge in [0.05, 0.1) is 0 Å². The highest BCUT2D eigenvalue weighted by Crippen LogP contribution is 2.24. The third kappa shape index (κ3) is 1.23. The lowest BCUT2D eigenvalue weighted by Crippen LogP contribution is -1.75. The topological polar surface area (TPSA) is 65.2 Å². The molecule has 0 bridgehead atoms. The highest BCUT2D eigenvalue weighted by molar-refractivity contribution is 9.10. The summed E-state index contributed by atoms with van der Waals surface area (Å²) in [7, 11) is 0. The number of nitrogens with zero attached hydrogens (tertiary/aromatic N) is 1. The smallest absolute Gasteiger partial charge is 0.222 e. The number of aromatic nitrogens is 1. The Morgan fingerprint density at radius 1 is 1.42 bits per heavy atom. The highest BCUT2D eigenvalue weighted by Gasteiger charge is 2.06. The van der Waals surface area contributed by atoms with Crippen molar-refractivity contribution < 1.29 is 8.94 Å². The molecule has 0 aliphatic carbocycles. The van der Waals surface area contributed by atoms with Gasteiger partial charge in [-0.3, -0.25) is 0 Å². The Hall–Kier alpha value is -1.23. The van der Waals surface area contributed by atoms with Crippen LogP contribution in [-0.2, 0) is 0 Å². The lowest BCUT2D eigenvalue weighted by atomic mass is 10.2. The third-order valence-electron chi connectivity index (χ3n) is 1.39. The maximum Gasteiger partial charge on any atom is 0.222 e. The summed E-state index contributed by atoms with van der Waals surface area (Å²) in [6, 6.07) is 3.43. The molecule has 0 fully saturated rings. The molecule has 4 nitrogen and oxygen atoms in total. The molecule has 0 amide bonds. The van der Waals surface area contributed by atoms with Gasteiger partial charge in [-0.25, -0.2) is 0 Å². The second-order valence-electron chi connectivity index (χ2n) is 2.25. The van der Waals surface area contributed by atoms with E-state index in [1.807, 2.05) is 0 Å². The van der Waals surface area contributed by atoms with Gasteiger partial charge in [0.25, 0.3) is 0 Å². The fraction of sp³-hybridized carbons (Fsp3) is 0. The predicted octanol–water partition coefficient (Wildman–Crippen LogP) is 2.28. The predicted molar refractivity (Wildman–Crippen MR) is 46.3 cm³/mol. The average Bonchev–Trinajstić information content (AvgIpc) is 2.58. The second kappa shape index (κ2) is 2.67. The summed E-state index contributed by atoms with van der Waals surface area (Å²) in [6.45, 7) is 0. The van der Waals surface area contributed by atoms with E-state index in [0.717, 1.165) is 5.56 Å². The molecule has 0 saturated heterocycles. The lowest BCUT2D eigenvalue weighted by Gasteiger charge is -1.80. The summed E-state index contributed by atoms with van der Waals surface area (Å²) >= 11 is 3.18. The molecule has 0 aliphatic heterocycles. The zero-order valence-electron chi connectivity index (χ0n) is 5.95. The van der Waals surface area contributed by atoms with E-state index < -0.39 is 0 Å². The number of nitrogen functional groups attached to an aromatic ring is 1. The van der Waals surface area contributed by atoms with Gasteiger partial charge in [0.1, 0.15) is 12.0 Å². The maximum atomic E-state index is 5.35. The van der Waals surface area contributed by atoms with Crippen molar-refractivity contribution in [3.05, 3.63) is 23.1 Å². The van der Waals surface area contributed by atoms with Crippen LogP contribution >= 0.6 is 15.9 Å². The summed E-state index contributed by atoms with van der Waals surface area (Å²) < 4.78 is 10.4. The summed E-state index contributed by atoms with van der Waals surface area (Å²) in [5.41, 5.74) is 6.86. The molecule has 0 unspecified atom stereocenters. The van der Waals surface area contributed by atoms with Gasteiger partial charge in [-0.05, 0) is 15.9 Å². The molecule has 0 aromatic carbocycles. The molecule has 5 heteroatoms. The van der Waals surface area contributed by atoms with E-state index in [1.54, 1.807) is 18.4 Å². The standard InChI is InChI=1S/C7H5BrN2O2/c8-6-1-4(3-11-6)5-2-7(9)12-10-5/h1-3H,9H2. The number of rotatable bonds is 1. The molecule has 62 valence electrons.